The number of nitrogens with one attached hydrogen (secondary N) is 1. The quantitative estimate of drug-likeness (QED) is 0.0621. The number of likely N-dealkylation sites (tertiary alicyclic amines) is 1. The Bertz CT molecular complexity index is 2620. The van der Waals surface area contributed by atoms with Crippen molar-refractivity contribution in [1.29, 1.82) is 0 Å². The molecule has 0 radical (unpaired) electrons. The first-order valence-electron chi connectivity index (χ1n) is 30.9. The average Bonchev–Trinajstić information content (AvgIpc) is 2.53. The van der Waals surface area contributed by atoms with Gasteiger partial charge in [-0.3, -0.25) is 19.3 Å². The topological polar surface area (TPSA) is 259 Å². The highest BCUT2D eigenvalue weighted by atomic mass is 35.5. The van der Waals surface area contributed by atoms with Crippen molar-refractivity contribution < 1.29 is 77.4 Å². The minimum atomic E-state index is -1.87. The molecule has 1 aliphatic carbocycles. The third-order valence-corrected chi connectivity index (χ3v) is 18.9. The van der Waals surface area contributed by atoms with Gasteiger partial charge in [-0.05, 0) is 146 Å². The molecule has 482 valence electrons. The summed E-state index contributed by atoms with van der Waals surface area (Å²) in [6.45, 7) is 21.1. The molecule has 85 heavy (non-hydrogen) atoms. The summed E-state index contributed by atoms with van der Waals surface area (Å²) in [5, 5.41) is 52.2. The summed E-state index contributed by atoms with van der Waals surface area (Å²) in [5.41, 5.74) is -4.03. The highest BCUT2D eigenvalue weighted by Gasteiger charge is 2.54. The number of carbonyl (C=O) groups excluding carboxylic acids is 3. The lowest BCUT2D eigenvalue weighted by molar-refractivity contribution is -0.318. The number of esters is 3. The van der Waals surface area contributed by atoms with Crippen LogP contribution < -0.4 is 10.7 Å². The van der Waals surface area contributed by atoms with E-state index in [4.69, 9.17) is 54.2 Å². The average molecular weight is 1220 g/mol. The fraction of sp³-hybridized carbons (Fsp3) is 0.806. The van der Waals surface area contributed by atoms with Crippen LogP contribution in [0.4, 0.5) is 5.69 Å². The molecule has 4 saturated heterocycles. The number of ether oxygens (including phenoxy) is 9. The Hall–Kier alpha value is -3.59. The van der Waals surface area contributed by atoms with Crippen molar-refractivity contribution in [2.75, 3.05) is 86.1 Å². The zero-order valence-electron chi connectivity index (χ0n) is 52.8. The molecular weight excluding hydrogens is 1120 g/mol. The van der Waals surface area contributed by atoms with E-state index < -0.39 is 113 Å². The van der Waals surface area contributed by atoms with Crippen LogP contribution in [0.2, 0.25) is 5.02 Å². The largest absolute Gasteiger partial charge is 0.461 e. The van der Waals surface area contributed by atoms with Crippen molar-refractivity contribution in [3.63, 3.8) is 0 Å². The molecule has 5 heterocycles. The molecule has 0 unspecified atom stereocenters. The second-order valence-electron chi connectivity index (χ2n) is 26.0. The monoisotopic (exact) mass is 1220 g/mol. The Kier molecular flexibility index (Phi) is 23.8. The van der Waals surface area contributed by atoms with Gasteiger partial charge in [-0.1, -0.05) is 32.4 Å². The number of anilines is 1. The van der Waals surface area contributed by atoms with Crippen molar-refractivity contribution in [2.24, 2.45) is 17.8 Å². The van der Waals surface area contributed by atoms with Crippen LogP contribution in [0, 0.1) is 17.8 Å². The van der Waals surface area contributed by atoms with Crippen molar-refractivity contribution in [3.8, 4) is 0 Å². The van der Waals surface area contributed by atoms with Gasteiger partial charge in [0.05, 0.1) is 71.8 Å². The van der Waals surface area contributed by atoms with Crippen LogP contribution >= 0.6 is 11.6 Å². The molecule has 0 spiro atoms. The minimum Gasteiger partial charge on any atom is -0.461 e. The fourth-order valence-corrected chi connectivity index (χ4v) is 13.5. The van der Waals surface area contributed by atoms with Gasteiger partial charge in [0.15, 0.2) is 18.7 Å². The summed E-state index contributed by atoms with van der Waals surface area (Å²) in [6, 6.07) is 2.62. The van der Waals surface area contributed by atoms with Gasteiger partial charge in [0.1, 0.15) is 41.7 Å². The molecule has 4 aliphatic heterocycles. The molecule has 18 atom stereocenters. The van der Waals surface area contributed by atoms with E-state index in [0.29, 0.717) is 41.1 Å². The maximum atomic E-state index is 14.6. The van der Waals surface area contributed by atoms with Crippen molar-refractivity contribution >= 4 is 46.1 Å². The molecule has 1 saturated carbocycles. The third-order valence-electron chi connectivity index (χ3n) is 18.6. The van der Waals surface area contributed by atoms with Crippen LogP contribution in [0.25, 0.3) is 10.9 Å². The Morgan fingerprint density at radius 3 is 2.27 bits per heavy atom. The number of cyclic esters (lactones) is 1. The smallest absolute Gasteiger partial charge is 0.343 e. The zero-order valence-corrected chi connectivity index (χ0v) is 53.5. The molecule has 7 rings (SSSR count). The SMILES string of the molecule is CC[C@H]1OC(=O)[C@H](C)[C@@H](O[C@H]2C[C@@](C)(OC)[C@@H](OC(=O)CCOCCNc3cc4c(=O)c(C(=O)OCCN5CCCC5)cn(C5CC5)c4cc3Cl)[C@H](C)O2)[C@H](C)[C@@H](O[C@@H]2O[C@H](C)C[C@H](N(C)C)[C@H]2O)[C@](C)(O)C[C@@H](C)CN(C)[C@H](C)[C@@H](O)[C@]1(C)O. The lowest BCUT2D eigenvalue weighted by atomic mass is 9.77. The fourth-order valence-electron chi connectivity index (χ4n) is 13.3. The molecule has 1 aromatic carbocycles. The first-order chi connectivity index (χ1) is 40.0. The number of rotatable bonds is 20. The Morgan fingerprint density at radius 1 is 0.929 bits per heavy atom. The van der Waals surface area contributed by atoms with Crippen LogP contribution in [0.3, 0.4) is 0 Å². The standard InChI is InChI=1S/C62H100ClN5O17/c1-15-48-62(10,76)54(72)39(6)66(13)33-35(2)31-60(8,75)55(85-59-52(71)47(65(11)12)28-36(3)80-59)37(4)53(38(5)57(73)82-48)84-50-32-61(9,77-14)56(40(7)81-50)83-49(69)20-25-78-26-21-64-45-29-42-46(30-44(45)63)68(41-18-19-41)34-43(51(42)70)58(74)79-27-24-67-22-16-17-23-67/h29-30,34-41,47-48,50,52-56,59,64,71-72,75-76H,15-28,31-33H2,1-14H3/t35-,36-,37+,38-,39-,40+,47+,48-,50+,52-,53+,54-,55-,56+,59+,60-,61-,62-/m1/s1. The molecule has 23 heteroatoms. The van der Waals surface area contributed by atoms with E-state index in [-0.39, 0.29) is 81.7 Å². The number of aliphatic hydroxyl groups excluding tert-OH is 2. The van der Waals surface area contributed by atoms with Gasteiger partial charge in [-0.15, -0.1) is 0 Å². The van der Waals surface area contributed by atoms with E-state index in [9.17, 15) is 39.6 Å². The van der Waals surface area contributed by atoms with E-state index >= 15 is 0 Å². The van der Waals surface area contributed by atoms with Crippen molar-refractivity contribution in [3.05, 3.63) is 39.1 Å². The van der Waals surface area contributed by atoms with Crippen LogP contribution in [0.5, 0.6) is 0 Å². The van der Waals surface area contributed by atoms with E-state index in [0.717, 1.165) is 38.8 Å². The number of fused-ring (bicyclic) bond motifs is 1. The maximum absolute atomic E-state index is 14.6. The molecule has 22 nitrogen and oxygen atoms in total. The van der Waals surface area contributed by atoms with Gasteiger partial charge in [0, 0.05) is 68.8 Å². The maximum Gasteiger partial charge on any atom is 0.343 e. The second-order valence-corrected chi connectivity index (χ2v) is 26.4. The van der Waals surface area contributed by atoms with Crippen molar-refractivity contribution in [1.82, 2.24) is 19.3 Å². The predicted molar refractivity (Wildman–Crippen MR) is 319 cm³/mol. The van der Waals surface area contributed by atoms with Gasteiger partial charge in [-0.25, -0.2) is 4.79 Å². The van der Waals surface area contributed by atoms with E-state index in [1.165, 1.54) is 14.0 Å². The number of hydrogen-bond acceptors (Lipinski definition) is 21. The normalized spacial score (nSPS) is 36.8. The molecule has 0 amide bonds. The highest BCUT2D eigenvalue weighted by Crippen LogP contribution is 2.42. The number of halogens is 1. The lowest BCUT2D eigenvalue weighted by Gasteiger charge is -2.49. The third kappa shape index (κ3) is 16.6. The van der Waals surface area contributed by atoms with Gasteiger partial charge in [0.25, 0.3) is 0 Å². The number of aliphatic hydroxyl groups is 4. The Morgan fingerprint density at radius 2 is 1.62 bits per heavy atom. The lowest BCUT2D eigenvalue weighted by Crippen LogP contribution is -2.61. The Labute approximate surface area is 507 Å². The van der Waals surface area contributed by atoms with E-state index in [1.807, 2.05) is 49.4 Å². The molecular formula is C62H100ClN5O17. The van der Waals surface area contributed by atoms with Crippen LogP contribution in [-0.4, -0.2) is 229 Å². The summed E-state index contributed by atoms with van der Waals surface area (Å²) in [6.07, 6.45) is -3.70. The van der Waals surface area contributed by atoms with Crippen molar-refractivity contribution in [2.45, 2.75) is 223 Å². The first kappa shape index (κ1) is 68.9. The Balaban J connectivity index is 1.02. The van der Waals surface area contributed by atoms with Gasteiger partial charge >= 0.3 is 17.9 Å². The van der Waals surface area contributed by atoms with Crippen LogP contribution in [0.15, 0.2) is 23.1 Å². The predicted octanol–water partition coefficient (Wildman–Crippen LogP) is 5.53. The van der Waals surface area contributed by atoms with Crippen LogP contribution in [0.1, 0.15) is 143 Å². The molecule has 5 N–H and O–H groups in total. The van der Waals surface area contributed by atoms with Crippen LogP contribution in [-0.2, 0) is 52.2 Å². The molecule has 2 aromatic rings. The molecule has 1 aromatic heterocycles. The second kappa shape index (κ2) is 29.4. The summed E-state index contributed by atoms with van der Waals surface area (Å²) >= 11 is 6.77. The molecule has 0 bridgehead atoms. The van der Waals surface area contributed by atoms with Gasteiger partial charge in [-0.2, -0.15) is 0 Å². The summed E-state index contributed by atoms with van der Waals surface area (Å²) < 4.78 is 58.4. The number of methoxy groups -OCH3 is 1. The number of benzene rings is 1. The van der Waals surface area contributed by atoms with Gasteiger partial charge in [0.2, 0.25) is 5.43 Å². The number of nitrogens with zero attached hydrogens (tertiary/aromatic N) is 4. The summed E-state index contributed by atoms with van der Waals surface area (Å²) in [4.78, 5) is 61.4. The first-order valence-corrected chi connectivity index (χ1v) is 31.2. The summed E-state index contributed by atoms with van der Waals surface area (Å²) in [7, 11) is 7.07. The molecule has 5 fully saturated rings. The highest BCUT2D eigenvalue weighted by molar-refractivity contribution is 6.34. The number of likely N-dealkylation sites (N-methyl/N-ethyl adjacent to an activating group) is 2. The van der Waals surface area contributed by atoms with E-state index in [1.54, 1.807) is 66.8 Å². The minimum absolute atomic E-state index is 0.0126. The number of carbonyl (C=O) groups is 3. The molecule has 5 aliphatic rings. The number of pyridine rings is 1. The number of hydrogen-bond donors (Lipinski definition) is 5. The van der Waals surface area contributed by atoms with Gasteiger partial charge < -0.3 is 82.7 Å². The zero-order chi connectivity index (χ0) is 62.5. The summed E-state index contributed by atoms with van der Waals surface area (Å²) in [5.74, 6) is -4.13. The van der Waals surface area contributed by atoms with E-state index in [2.05, 4.69) is 10.2 Å². The number of aromatic nitrogens is 1.